The number of carbonyl (C=O) groups is 2. The summed E-state index contributed by atoms with van der Waals surface area (Å²) in [6.07, 6.45) is 3.70. The summed E-state index contributed by atoms with van der Waals surface area (Å²) in [4.78, 5) is 36.5. The van der Waals surface area contributed by atoms with Crippen LogP contribution in [0.15, 0.2) is 90.0 Å². The monoisotopic (exact) mass is 514 g/mol. The number of rotatable bonds is 6. The van der Waals surface area contributed by atoms with E-state index in [2.05, 4.69) is 5.43 Å². The average molecular weight is 515 g/mol. The number of non-ortho nitro benzene ring substituents is 1. The number of hydrogen-bond acceptors (Lipinski definition) is 6. The Balaban J connectivity index is 1.41. The van der Waals surface area contributed by atoms with Crippen molar-refractivity contribution >= 4 is 62.8 Å². The molecule has 1 N–H and O–H groups in total. The smallest absolute Gasteiger partial charge is 0.285 e. The fourth-order valence-corrected chi connectivity index (χ4v) is 5.07. The van der Waals surface area contributed by atoms with Crippen LogP contribution in [-0.4, -0.2) is 30.6 Å². The molecule has 1 saturated heterocycles. The van der Waals surface area contributed by atoms with E-state index in [0.717, 1.165) is 38.8 Å². The molecule has 2 amide bonds. The molecular formula is C26H18N4O4S2. The van der Waals surface area contributed by atoms with E-state index in [1.54, 1.807) is 48.5 Å². The molecule has 8 nitrogen and oxygen atoms in total. The van der Waals surface area contributed by atoms with Crippen LogP contribution in [0.2, 0.25) is 0 Å². The van der Waals surface area contributed by atoms with E-state index in [9.17, 15) is 19.7 Å². The lowest BCUT2D eigenvalue weighted by atomic mass is 10.1. The first-order valence-corrected chi connectivity index (χ1v) is 12.1. The van der Waals surface area contributed by atoms with Gasteiger partial charge >= 0.3 is 0 Å². The molecule has 0 saturated carbocycles. The highest BCUT2D eigenvalue weighted by molar-refractivity contribution is 8.26. The van der Waals surface area contributed by atoms with Crippen molar-refractivity contribution in [1.82, 2.24) is 15.0 Å². The maximum Gasteiger partial charge on any atom is 0.285 e. The number of fused-ring (bicyclic) bond motifs is 1. The predicted octanol–water partition coefficient (Wildman–Crippen LogP) is 5.14. The minimum absolute atomic E-state index is 0.0400. The maximum atomic E-state index is 13.1. The van der Waals surface area contributed by atoms with E-state index in [1.807, 2.05) is 35.0 Å². The number of benzene rings is 3. The first kappa shape index (κ1) is 23.5. The van der Waals surface area contributed by atoms with Crippen LogP contribution in [0.25, 0.3) is 17.0 Å². The summed E-state index contributed by atoms with van der Waals surface area (Å²) in [5.41, 5.74) is 5.73. The SMILES string of the molecule is O=C(NN1C(=O)/C(=C/c2cn(Cc3ccc([N+](=O)[O-])cc3)c3ccccc23)SC1=S)c1ccccc1. The fraction of sp³-hybridized carbons (Fsp3) is 0.0385. The minimum Gasteiger partial charge on any atom is -0.342 e. The van der Waals surface area contributed by atoms with Gasteiger partial charge in [-0.05, 0) is 42.1 Å². The highest BCUT2D eigenvalue weighted by Crippen LogP contribution is 2.34. The number of thiocarbonyl (C=S) groups is 1. The van der Waals surface area contributed by atoms with Gasteiger partial charge < -0.3 is 4.57 Å². The van der Waals surface area contributed by atoms with Crippen LogP contribution in [-0.2, 0) is 11.3 Å². The second-order valence-corrected chi connectivity index (χ2v) is 9.65. The fourth-order valence-electron chi connectivity index (χ4n) is 3.90. The van der Waals surface area contributed by atoms with E-state index in [-0.39, 0.29) is 10.0 Å². The van der Waals surface area contributed by atoms with Gasteiger partial charge in [0, 0.05) is 46.9 Å². The number of amides is 2. The zero-order valence-corrected chi connectivity index (χ0v) is 20.3. The zero-order chi connectivity index (χ0) is 25.2. The number of nitrogens with zero attached hydrogens (tertiary/aromatic N) is 3. The van der Waals surface area contributed by atoms with Crippen molar-refractivity contribution in [3.63, 3.8) is 0 Å². The van der Waals surface area contributed by atoms with E-state index in [0.29, 0.717) is 17.0 Å². The molecule has 5 rings (SSSR count). The normalized spacial score (nSPS) is 14.6. The van der Waals surface area contributed by atoms with Gasteiger partial charge in [0.1, 0.15) is 0 Å². The molecule has 1 aliphatic rings. The Bertz CT molecular complexity index is 1550. The molecule has 3 aromatic carbocycles. The molecule has 178 valence electrons. The van der Waals surface area contributed by atoms with E-state index in [4.69, 9.17) is 12.2 Å². The third-order valence-electron chi connectivity index (χ3n) is 5.65. The molecule has 0 aliphatic carbocycles. The van der Waals surface area contributed by atoms with E-state index < -0.39 is 16.7 Å². The van der Waals surface area contributed by atoms with Crippen molar-refractivity contribution in [2.45, 2.75) is 6.54 Å². The zero-order valence-electron chi connectivity index (χ0n) is 18.7. The van der Waals surface area contributed by atoms with Crippen molar-refractivity contribution in [3.05, 3.63) is 117 Å². The lowest BCUT2D eigenvalue weighted by molar-refractivity contribution is -0.384. The Morgan fingerprint density at radius 1 is 1.03 bits per heavy atom. The molecule has 1 aromatic heterocycles. The number of nitro benzene ring substituents is 1. The summed E-state index contributed by atoms with van der Waals surface area (Å²) in [5, 5.41) is 13.0. The Kier molecular flexibility index (Phi) is 6.36. The van der Waals surface area contributed by atoms with Gasteiger partial charge in [-0.25, -0.2) is 0 Å². The van der Waals surface area contributed by atoms with Crippen LogP contribution in [0, 0.1) is 10.1 Å². The molecular weight excluding hydrogens is 496 g/mol. The number of para-hydroxylation sites is 1. The van der Waals surface area contributed by atoms with Gasteiger partial charge in [-0.1, -0.05) is 60.3 Å². The topological polar surface area (TPSA) is 97.5 Å². The quantitative estimate of drug-likeness (QED) is 0.166. The Morgan fingerprint density at radius 3 is 2.44 bits per heavy atom. The lowest BCUT2D eigenvalue weighted by Gasteiger charge is -2.15. The summed E-state index contributed by atoms with van der Waals surface area (Å²) in [7, 11) is 0. The summed E-state index contributed by atoms with van der Waals surface area (Å²) in [6, 6.07) is 22.8. The molecule has 0 radical (unpaired) electrons. The van der Waals surface area contributed by atoms with Gasteiger partial charge in [0.2, 0.25) is 0 Å². The number of carbonyl (C=O) groups excluding carboxylic acids is 2. The maximum absolute atomic E-state index is 13.1. The van der Waals surface area contributed by atoms with Crippen LogP contribution in [0.4, 0.5) is 5.69 Å². The molecule has 0 unspecified atom stereocenters. The number of thioether (sulfide) groups is 1. The molecule has 0 atom stereocenters. The summed E-state index contributed by atoms with van der Waals surface area (Å²) in [5.74, 6) is -0.825. The number of aromatic nitrogens is 1. The van der Waals surface area contributed by atoms with Gasteiger partial charge in [0.15, 0.2) is 4.32 Å². The molecule has 2 heterocycles. The van der Waals surface area contributed by atoms with Crippen molar-refractivity contribution < 1.29 is 14.5 Å². The third-order valence-corrected chi connectivity index (χ3v) is 6.95. The number of nitrogens with one attached hydrogen (secondary N) is 1. The van der Waals surface area contributed by atoms with Crippen molar-refractivity contribution in [1.29, 1.82) is 0 Å². The van der Waals surface area contributed by atoms with Gasteiger partial charge in [-0.2, -0.15) is 5.01 Å². The molecule has 4 aromatic rings. The van der Waals surface area contributed by atoms with Crippen molar-refractivity contribution in [2.75, 3.05) is 0 Å². The minimum atomic E-state index is -0.425. The van der Waals surface area contributed by atoms with Gasteiger partial charge in [0.05, 0.1) is 9.83 Å². The molecule has 10 heteroatoms. The predicted molar refractivity (Wildman–Crippen MR) is 143 cm³/mol. The molecule has 1 fully saturated rings. The first-order chi connectivity index (χ1) is 17.4. The summed E-state index contributed by atoms with van der Waals surface area (Å²) in [6.45, 7) is 0.500. The highest BCUT2D eigenvalue weighted by atomic mass is 32.2. The number of hydrogen-bond donors (Lipinski definition) is 1. The first-order valence-electron chi connectivity index (χ1n) is 10.9. The van der Waals surface area contributed by atoms with Gasteiger partial charge in [-0.15, -0.1) is 0 Å². The Hall–Kier alpha value is -4.28. The molecule has 0 bridgehead atoms. The summed E-state index contributed by atoms with van der Waals surface area (Å²) < 4.78 is 2.27. The van der Waals surface area contributed by atoms with Crippen LogP contribution >= 0.6 is 24.0 Å². The Morgan fingerprint density at radius 2 is 1.72 bits per heavy atom. The lowest BCUT2D eigenvalue weighted by Crippen LogP contribution is -2.44. The Labute approximate surface area is 215 Å². The van der Waals surface area contributed by atoms with E-state index in [1.165, 1.54) is 12.1 Å². The third kappa shape index (κ3) is 4.64. The second-order valence-electron chi connectivity index (χ2n) is 7.98. The summed E-state index contributed by atoms with van der Waals surface area (Å²) >= 11 is 6.48. The van der Waals surface area contributed by atoms with Crippen molar-refractivity contribution in [3.8, 4) is 0 Å². The largest absolute Gasteiger partial charge is 0.342 e. The van der Waals surface area contributed by atoms with Crippen LogP contribution in [0.3, 0.4) is 0 Å². The van der Waals surface area contributed by atoms with Crippen LogP contribution in [0.1, 0.15) is 21.5 Å². The van der Waals surface area contributed by atoms with Gasteiger partial charge in [0.25, 0.3) is 17.5 Å². The highest BCUT2D eigenvalue weighted by Gasteiger charge is 2.34. The van der Waals surface area contributed by atoms with E-state index >= 15 is 0 Å². The van der Waals surface area contributed by atoms with Crippen LogP contribution < -0.4 is 5.43 Å². The molecule has 1 aliphatic heterocycles. The van der Waals surface area contributed by atoms with Crippen LogP contribution in [0.5, 0.6) is 0 Å². The molecule has 0 spiro atoms. The van der Waals surface area contributed by atoms with Gasteiger partial charge in [-0.3, -0.25) is 25.1 Å². The molecule has 36 heavy (non-hydrogen) atoms. The standard InChI is InChI=1S/C26H18N4O4S2/c31-24(18-6-2-1-3-7-18)27-29-25(32)23(36-26(29)35)14-19-16-28(22-9-5-4-8-21(19)22)15-17-10-12-20(13-11-17)30(33)34/h1-14,16H,15H2,(H,27,31)/b23-14-. The number of nitro groups is 1. The number of hydrazine groups is 1. The van der Waals surface area contributed by atoms with Crippen molar-refractivity contribution in [2.24, 2.45) is 0 Å². The average Bonchev–Trinajstić information content (AvgIpc) is 3.36. The second kappa shape index (κ2) is 9.76.